The van der Waals surface area contributed by atoms with Crippen LogP contribution in [0.25, 0.3) is 0 Å². The smallest absolute Gasteiger partial charge is 0.274 e. The van der Waals surface area contributed by atoms with E-state index in [1.807, 2.05) is 11.0 Å². The molecule has 0 unspecified atom stereocenters. The molecule has 25 heavy (non-hydrogen) atoms. The van der Waals surface area contributed by atoms with Crippen LogP contribution < -0.4 is 5.56 Å². The SMILES string of the molecule is CN(CCc1ccccc1)[C@@H]1CCCN(C(=O)c2c[nH]c(=O)cn2)C1. The molecule has 1 N–H and O–H groups in total. The van der Waals surface area contributed by atoms with Crippen molar-refractivity contribution in [3.63, 3.8) is 0 Å². The molecule has 1 aliphatic heterocycles. The highest BCUT2D eigenvalue weighted by molar-refractivity contribution is 5.92. The number of piperidine rings is 1. The van der Waals surface area contributed by atoms with Crippen molar-refractivity contribution in [2.24, 2.45) is 0 Å². The summed E-state index contributed by atoms with van der Waals surface area (Å²) in [5.41, 5.74) is 1.33. The van der Waals surface area contributed by atoms with Crippen molar-refractivity contribution >= 4 is 5.91 Å². The number of carbonyl (C=O) groups excluding carboxylic acids is 1. The fraction of sp³-hybridized carbons (Fsp3) is 0.421. The topological polar surface area (TPSA) is 69.3 Å². The molecule has 132 valence electrons. The number of rotatable bonds is 5. The van der Waals surface area contributed by atoms with Gasteiger partial charge in [0.15, 0.2) is 0 Å². The van der Waals surface area contributed by atoms with Crippen LogP contribution in [-0.2, 0) is 6.42 Å². The molecule has 0 spiro atoms. The van der Waals surface area contributed by atoms with Gasteiger partial charge in [-0.15, -0.1) is 0 Å². The minimum absolute atomic E-state index is 0.114. The highest BCUT2D eigenvalue weighted by Crippen LogP contribution is 2.17. The number of hydrogen-bond donors (Lipinski definition) is 1. The molecular weight excluding hydrogens is 316 g/mol. The van der Waals surface area contributed by atoms with Gasteiger partial charge in [0.2, 0.25) is 0 Å². The van der Waals surface area contributed by atoms with Crippen LogP contribution in [-0.4, -0.2) is 58.4 Å². The van der Waals surface area contributed by atoms with Crippen molar-refractivity contribution in [2.75, 3.05) is 26.7 Å². The zero-order valence-corrected chi connectivity index (χ0v) is 14.5. The molecular formula is C19H24N4O2. The molecule has 1 atom stereocenters. The van der Waals surface area contributed by atoms with E-state index in [-0.39, 0.29) is 11.5 Å². The maximum atomic E-state index is 12.6. The van der Waals surface area contributed by atoms with Crippen LogP contribution in [0.5, 0.6) is 0 Å². The molecule has 0 radical (unpaired) electrons. The van der Waals surface area contributed by atoms with Crippen LogP contribution in [0.15, 0.2) is 47.5 Å². The number of aromatic nitrogens is 2. The van der Waals surface area contributed by atoms with Gasteiger partial charge < -0.3 is 14.8 Å². The molecule has 2 heterocycles. The second kappa shape index (κ2) is 8.07. The third kappa shape index (κ3) is 4.54. The summed E-state index contributed by atoms with van der Waals surface area (Å²) in [6.45, 7) is 2.40. The normalized spacial score (nSPS) is 17.7. The van der Waals surface area contributed by atoms with E-state index in [2.05, 4.69) is 46.2 Å². The van der Waals surface area contributed by atoms with Crippen LogP contribution in [0.4, 0.5) is 0 Å². The first kappa shape index (κ1) is 17.4. The highest BCUT2D eigenvalue weighted by Gasteiger charge is 2.27. The van der Waals surface area contributed by atoms with Gasteiger partial charge in [0.25, 0.3) is 11.5 Å². The summed E-state index contributed by atoms with van der Waals surface area (Å²) >= 11 is 0. The van der Waals surface area contributed by atoms with Crippen LogP contribution in [0.3, 0.4) is 0 Å². The van der Waals surface area contributed by atoms with Crippen molar-refractivity contribution in [2.45, 2.75) is 25.3 Å². The number of benzene rings is 1. The first-order chi connectivity index (χ1) is 12.1. The van der Waals surface area contributed by atoms with Crippen molar-refractivity contribution < 1.29 is 4.79 Å². The van der Waals surface area contributed by atoms with E-state index in [0.717, 1.165) is 38.5 Å². The van der Waals surface area contributed by atoms with E-state index >= 15 is 0 Å². The lowest BCUT2D eigenvalue weighted by Crippen LogP contribution is -2.49. The number of likely N-dealkylation sites (tertiary alicyclic amines) is 1. The molecule has 2 aromatic rings. The minimum Gasteiger partial charge on any atom is -0.336 e. The Morgan fingerprint density at radius 1 is 1.36 bits per heavy atom. The van der Waals surface area contributed by atoms with Gasteiger partial charge in [0, 0.05) is 31.9 Å². The number of nitrogens with one attached hydrogen (secondary N) is 1. The maximum absolute atomic E-state index is 12.6. The number of H-pyrrole nitrogens is 1. The number of amides is 1. The van der Waals surface area contributed by atoms with Crippen molar-refractivity contribution in [1.82, 2.24) is 19.8 Å². The Hall–Kier alpha value is -2.47. The van der Waals surface area contributed by atoms with E-state index in [1.54, 1.807) is 0 Å². The molecule has 1 fully saturated rings. The summed E-state index contributed by atoms with van der Waals surface area (Å²) in [4.78, 5) is 34.3. The van der Waals surface area contributed by atoms with Crippen molar-refractivity contribution in [3.8, 4) is 0 Å². The standard InChI is InChI=1S/C19H24N4O2/c1-22(11-9-15-6-3-2-4-7-15)16-8-5-10-23(14-16)19(25)17-12-21-18(24)13-20-17/h2-4,6-7,12-13,16H,5,8-11,14H2,1H3,(H,21,24)/t16-/m1/s1. The van der Waals surface area contributed by atoms with Crippen molar-refractivity contribution in [3.05, 3.63) is 64.3 Å². The summed E-state index contributed by atoms with van der Waals surface area (Å²) in [5, 5.41) is 0. The predicted octanol–water partition coefficient (Wildman–Crippen LogP) is 1.55. The Balaban J connectivity index is 1.57. The zero-order valence-electron chi connectivity index (χ0n) is 14.5. The summed E-state index contributed by atoms with van der Waals surface area (Å²) in [7, 11) is 2.12. The second-order valence-electron chi connectivity index (χ2n) is 6.56. The van der Waals surface area contributed by atoms with Gasteiger partial charge in [0.05, 0.1) is 6.20 Å². The first-order valence-corrected chi connectivity index (χ1v) is 8.71. The van der Waals surface area contributed by atoms with E-state index in [4.69, 9.17) is 0 Å². The van der Waals surface area contributed by atoms with E-state index in [1.165, 1.54) is 11.8 Å². The van der Waals surface area contributed by atoms with Gasteiger partial charge in [0.1, 0.15) is 5.69 Å². The van der Waals surface area contributed by atoms with Gasteiger partial charge in [-0.3, -0.25) is 9.59 Å². The summed E-state index contributed by atoms with van der Waals surface area (Å²) in [5.74, 6) is -0.114. The molecule has 1 aromatic heterocycles. The lowest BCUT2D eigenvalue weighted by atomic mass is 10.0. The minimum atomic E-state index is -0.297. The monoisotopic (exact) mass is 340 g/mol. The lowest BCUT2D eigenvalue weighted by molar-refractivity contribution is 0.0605. The Morgan fingerprint density at radius 3 is 2.88 bits per heavy atom. The van der Waals surface area contributed by atoms with Gasteiger partial charge >= 0.3 is 0 Å². The average Bonchev–Trinajstić information content (AvgIpc) is 2.67. The van der Waals surface area contributed by atoms with E-state index in [0.29, 0.717) is 18.3 Å². The lowest BCUT2D eigenvalue weighted by Gasteiger charge is -2.37. The molecule has 0 aliphatic carbocycles. The molecule has 1 amide bonds. The molecule has 6 heteroatoms. The van der Waals surface area contributed by atoms with Crippen LogP contribution >= 0.6 is 0 Å². The van der Waals surface area contributed by atoms with Crippen LogP contribution in [0.2, 0.25) is 0 Å². The Kier molecular flexibility index (Phi) is 5.60. The quantitative estimate of drug-likeness (QED) is 0.897. The highest BCUT2D eigenvalue weighted by atomic mass is 16.2. The largest absolute Gasteiger partial charge is 0.336 e. The Bertz CT molecular complexity index is 739. The number of aromatic amines is 1. The number of carbonyl (C=O) groups is 1. The Labute approximate surface area is 147 Å². The second-order valence-corrected chi connectivity index (χ2v) is 6.56. The summed E-state index contributed by atoms with van der Waals surface area (Å²) in [6.07, 6.45) is 5.63. The first-order valence-electron chi connectivity index (χ1n) is 8.71. The molecule has 0 saturated carbocycles. The average molecular weight is 340 g/mol. The predicted molar refractivity (Wildman–Crippen MR) is 96.6 cm³/mol. The van der Waals surface area contributed by atoms with Crippen molar-refractivity contribution in [1.29, 1.82) is 0 Å². The van der Waals surface area contributed by atoms with E-state index in [9.17, 15) is 9.59 Å². The van der Waals surface area contributed by atoms with Crippen LogP contribution in [0.1, 0.15) is 28.9 Å². The maximum Gasteiger partial charge on any atom is 0.274 e. The number of hydrogen-bond acceptors (Lipinski definition) is 4. The van der Waals surface area contributed by atoms with Gasteiger partial charge in [-0.1, -0.05) is 30.3 Å². The fourth-order valence-corrected chi connectivity index (χ4v) is 3.25. The van der Waals surface area contributed by atoms with Gasteiger partial charge in [-0.2, -0.15) is 0 Å². The number of nitrogens with zero attached hydrogens (tertiary/aromatic N) is 3. The fourth-order valence-electron chi connectivity index (χ4n) is 3.25. The third-order valence-corrected chi connectivity index (χ3v) is 4.79. The molecule has 1 aliphatic rings. The third-order valence-electron chi connectivity index (χ3n) is 4.79. The molecule has 1 aromatic carbocycles. The summed E-state index contributed by atoms with van der Waals surface area (Å²) in [6, 6.07) is 10.8. The molecule has 0 bridgehead atoms. The van der Waals surface area contributed by atoms with E-state index < -0.39 is 0 Å². The van der Waals surface area contributed by atoms with Gasteiger partial charge in [-0.25, -0.2) is 4.98 Å². The van der Waals surface area contributed by atoms with Gasteiger partial charge in [-0.05, 0) is 31.9 Å². The molecule has 1 saturated heterocycles. The summed E-state index contributed by atoms with van der Waals surface area (Å²) < 4.78 is 0. The molecule has 3 rings (SSSR count). The van der Waals surface area contributed by atoms with Crippen LogP contribution in [0, 0.1) is 0 Å². The zero-order chi connectivity index (χ0) is 17.6. The molecule has 6 nitrogen and oxygen atoms in total. The number of likely N-dealkylation sites (N-methyl/N-ethyl adjacent to an activating group) is 1. The Morgan fingerprint density at radius 2 is 2.16 bits per heavy atom.